The highest BCUT2D eigenvalue weighted by Crippen LogP contribution is 2.46. The van der Waals surface area contributed by atoms with Gasteiger partial charge in [-0.2, -0.15) is 0 Å². The molecule has 0 aromatic heterocycles. The van der Waals surface area contributed by atoms with Gasteiger partial charge in [0.05, 0.1) is 11.7 Å². The summed E-state index contributed by atoms with van der Waals surface area (Å²) in [6.45, 7) is 1.78. The summed E-state index contributed by atoms with van der Waals surface area (Å²) in [5.41, 5.74) is 1.83. The Morgan fingerprint density at radius 2 is 1.81 bits per heavy atom. The van der Waals surface area contributed by atoms with E-state index in [1.165, 1.54) is 12.1 Å². The summed E-state index contributed by atoms with van der Waals surface area (Å²) in [4.78, 5) is 0. The molecule has 0 saturated heterocycles. The number of aromatic hydroxyl groups is 3. The Bertz CT molecular complexity index is 695. The van der Waals surface area contributed by atoms with Crippen molar-refractivity contribution in [3.8, 4) is 23.0 Å². The maximum absolute atomic E-state index is 10.2. The summed E-state index contributed by atoms with van der Waals surface area (Å²) in [6, 6.07) is 7.65. The molecule has 0 bridgehead atoms. The van der Waals surface area contributed by atoms with Crippen LogP contribution in [0.25, 0.3) is 0 Å². The Morgan fingerprint density at radius 1 is 1.05 bits per heavy atom. The zero-order valence-electron chi connectivity index (χ0n) is 11.4. The van der Waals surface area contributed by atoms with Crippen molar-refractivity contribution in [2.45, 2.75) is 25.6 Å². The number of aliphatic hydroxyl groups excluding tert-OH is 1. The molecule has 2 atom stereocenters. The van der Waals surface area contributed by atoms with Crippen LogP contribution in [0.5, 0.6) is 23.0 Å². The lowest BCUT2D eigenvalue weighted by atomic mass is 9.93. The Balaban J connectivity index is 1.99. The topological polar surface area (TPSA) is 90.2 Å². The van der Waals surface area contributed by atoms with E-state index >= 15 is 0 Å². The third kappa shape index (κ3) is 2.36. The highest BCUT2D eigenvalue weighted by molar-refractivity contribution is 5.52. The van der Waals surface area contributed by atoms with Crippen molar-refractivity contribution in [1.29, 1.82) is 0 Å². The van der Waals surface area contributed by atoms with Crippen LogP contribution in [0.15, 0.2) is 30.3 Å². The maximum atomic E-state index is 10.2. The molecule has 2 aromatic carbocycles. The van der Waals surface area contributed by atoms with Gasteiger partial charge in [-0.3, -0.25) is 0 Å². The van der Waals surface area contributed by atoms with Crippen LogP contribution in [-0.2, 0) is 0 Å². The number of phenolic OH excluding ortho intramolecular Hbond substituents is 3. The summed E-state index contributed by atoms with van der Waals surface area (Å²) >= 11 is 0. The number of fused-ring (bicyclic) bond motifs is 1. The van der Waals surface area contributed by atoms with E-state index in [9.17, 15) is 20.4 Å². The van der Waals surface area contributed by atoms with Crippen LogP contribution in [0.2, 0.25) is 0 Å². The monoisotopic (exact) mass is 288 g/mol. The fourth-order valence-corrected chi connectivity index (χ4v) is 2.64. The van der Waals surface area contributed by atoms with Crippen molar-refractivity contribution in [1.82, 2.24) is 0 Å². The van der Waals surface area contributed by atoms with Crippen LogP contribution in [0.3, 0.4) is 0 Å². The minimum atomic E-state index is -0.881. The van der Waals surface area contributed by atoms with E-state index in [-0.39, 0.29) is 29.4 Å². The molecule has 0 radical (unpaired) electrons. The molecule has 0 amide bonds. The van der Waals surface area contributed by atoms with Gasteiger partial charge < -0.3 is 25.2 Å². The van der Waals surface area contributed by atoms with Gasteiger partial charge in [-0.1, -0.05) is 6.07 Å². The van der Waals surface area contributed by atoms with Gasteiger partial charge in [-0.15, -0.1) is 0 Å². The van der Waals surface area contributed by atoms with Gasteiger partial charge >= 0.3 is 0 Å². The fraction of sp³-hybridized carbons (Fsp3) is 0.250. The van der Waals surface area contributed by atoms with Crippen molar-refractivity contribution < 1.29 is 25.2 Å². The highest BCUT2D eigenvalue weighted by atomic mass is 16.5. The molecule has 1 aliphatic heterocycles. The zero-order chi connectivity index (χ0) is 15.1. The van der Waals surface area contributed by atoms with Crippen LogP contribution >= 0.6 is 0 Å². The van der Waals surface area contributed by atoms with Gasteiger partial charge in [-0.05, 0) is 30.2 Å². The fourth-order valence-electron chi connectivity index (χ4n) is 2.64. The number of rotatable bonds is 1. The van der Waals surface area contributed by atoms with Crippen molar-refractivity contribution in [2.75, 3.05) is 0 Å². The van der Waals surface area contributed by atoms with E-state index in [2.05, 4.69) is 0 Å². The number of ether oxygens (including phenoxy) is 1. The first kappa shape index (κ1) is 13.6. The Kier molecular flexibility index (Phi) is 3.14. The van der Waals surface area contributed by atoms with Crippen molar-refractivity contribution in [2.24, 2.45) is 0 Å². The number of phenols is 3. The van der Waals surface area contributed by atoms with E-state index < -0.39 is 12.2 Å². The predicted molar refractivity (Wildman–Crippen MR) is 75.6 cm³/mol. The molecule has 0 saturated carbocycles. The molecule has 21 heavy (non-hydrogen) atoms. The third-order valence-corrected chi connectivity index (χ3v) is 3.74. The first-order chi connectivity index (χ1) is 9.95. The molecule has 2 unspecified atom stereocenters. The molecular weight excluding hydrogens is 272 g/mol. The summed E-state index contributed by atoms with van der Waals surface area (Å²) in [6.07, 6.45) is -1.00. The quantitative estimate of drug-likeness (QED) is 0.647. The first-order valence-corrected chi connectivity index (χ1v) is 6.66. The van der Waals surface area contributed by atoms with E-state index in [0.29, 0.717) is 5.56 Å². The molecular formula is C16H16O5. The molecule has 2 aromatic rings. The second-order valence-electron chi connectivity index (χ2n) is 5.28. The Hall–Kier alpha value is -2.40. The lowest BCUT2D eigenvalue weighted by Crippen LogP contribution is -2.19. The average Bonchev–Trinajstić information content (AvgIpc) is 2.40. The smallest absolute Gasteiger partial charge is 0.133 e. The van der Waals surface area contributed by atoms with Gasteiger partial charge in [0, 0.05) is 18.6 Å². The number of aryl methyl sites for hydroxylation is 1. The molecule has 5 heteroatoms. The summed E-state index contributed by atoms with van der Waals surface area (Å²) < 4.78 is 5.78. The average molecular weight is 288 g/mol. The lowest BCUT2D eigenvalue weighted by molar-refractivity contribution is 0.0631. The van der Waals surface area contributed by atoms with Gasteiger partial charge in [0.15, 0.2) is 0 Å². The van der Waals surface area contributed by atoms with E-state index in [1.807, 2.05) is 0 Å². The standard InChI is InChI=1S/C16H16O5/c1-8-4-9(2-3-11(8)18)14-7-13(20)16-12(19)5-10(17)6-15(16)21-14/h2-6,13-14,17-20H,7H2,1H3. The van der Waals surface area contributed by atoms with E-state index in [1.54, 1.807) is 25.1 Å². The summed E-state index contributed by atoms with van der Waals surface area (Å²) in [5, 5.41) is 39.1. The zero-order valence-corrected chi connectivity index (χ0v) is 11.4. The van der Waals surface area contributed by atoms with E-state index in [0.717, 1.165) is 11.1 Å². The SMILES string of the molecule is Cc1cc(C2CC(O)c3c(O)cc(O)cc3O2)ccc1O. The van der Waals surface area contributed by atoms with Gasteiger partial charge in [0.1, 0.15) is 29.1 Å². The highest BCUT2D eigenvalue weighted by Gasteiger charge is 2.31. The maximum Gasteiger partial charge on any atom is 0.133 e. The minimum Gasteiger partial charge on any atom is -0.508 e. The number of aliphatic hydroxyl groups is 1. The van der Waals surface area contributed by atoms with Crippen LogP contribution in [0.1, 0.15) is 35.3 Å². The Labute approximate surface area is 121 Å². The largest absolute Gasteiger partial charge is 0.508 e. The number of hydrogen-bond acceptors (Lipinski definition) is 5. The first-order valence-electron chi connectivity index (χ1n) is 6.66. The van der Waals surface area contributed by atoms with Crippen LogP contribution in [-0.4, -0.2) is 20.4 Å². The van der Waals surface area contributed by atoms with Crippen LogP contribution < -0.4 is 4.74 Å². The molecule has 1 aliphatic rings. The van der Waals surface area contributed by atoms with Gasteiger partial charge in [0.25, 0.3) is 0 Å². The van der Waals surface area contributed by atoms with Crippen LogP contribution in [0, 0.1) is 6.92 Å². The second kappa shape index (κ2) is 4.86. The molecule has 3 rings (SSSR count). The molecule has 110 valence electrons. The van der Waals surface area contributed by atoms with Gasteiger partial charge in [-0.25, -0.2) is 0 Å². The van der Waals surface area contributed by atoms with Crippen molar-refractivity contribution >= 4 is 0 Å². The molecule has 0 aliphatic carbocycles. The third-order valence-electron chi connectivity index (χ3n) is 3.74. The molecule has 4 N–H and O–H groups in total. The second-order valence-corrected chi connectivity index (χ2v) is 5.28. The van der Waals surface area contributed by atoms with E-state index in [4.69, 9.17) is 4.74 Å². The number of hydrogen-bond donors (Lipinski definition) is 4. The van der Waals surface area contributed by atoms with Gasteiger partial charge in [0.2, 0.25) is 0 Å². The normalized spacial score (nSPS) is 20.7. The Morgan fingerprint density at radius 3 is 2.52 bits per heavy atom. The minimum absolute atomic E-state index is 0.124. The molecule has 0 fully saturated rings. The molecule has 1 heterocycles. The number of benzene rings is 2. The van der Waals surface area contributed by atoms with Crippen molar-refractivity contribution in [3.63, 3.8) is 0 Å². The summed E-state index contributed by atoms with van der Waals surface area (Å²) in [7, 11) is 0. The summed E-state index contributed by atoms with van der Waals surface area (Å²) in [5.74, 6) is 0.159. The molecule has 5 nitrogen and oxygen atoms in total. The van der Waals surface area contributed by atoms with Crippen molar-refractivity contribution in [3.05, 3.63) is 47.0 Å². The predicted octanol–water partition coefficient (Wildman–Crippen LogP) is 2.67. The molecule has 0 spiro atoms. The van der Waals surface area contributed by atoms with Crippen LogP contribution in [0.4, 0.5) is 0 Å². The lowest BCUT2D eigenvalue weighted by Gasteiger charge is -2.30.